The zero-order chi connectivity index (χ0) is 16.2. The Morgan fingerprint density at radius 2 is 1.70 bits per heavy atom. The molecule has 0 amide bonds. The van der Waals surface area contributed by atoms with Crippen LogP contribution in [0.25, 0.3) is 0 Å². The van der Waals surface area contributed by atoms with Gasteiger partial charge in [0.1, 0.15) is 4.88 Å². The van der Waals surface area contributed by atoms with Crippen molar-refractivity contribution in [2.75, 3.05) is 0 Å². The molecule has 0 saturated heterocycles. The molecule has 0 saturated carbocycles. The molecule has 116 valence electrons. The van der Waals surface area contributed by atoms with Crippen molar-refractivity contribution >= 4 is 35.5 Å². The second-order valence-electron chi connectivity index (χ2n) is 5.11. The quantitative estimate of drug-likeness (QED) is 0.514. The normalized spacial score (nSPS) is 12.6. The molecule has 1 N–H and O–H groups in total. The van der Waals surface area contributed by atoms with Gasteiger partial charge in [0.25, 0.3) is 0 Å². The van der Waals surface area contributed by atoms with Crippen molar-refractivity contribution in [3.05, 3.63) is 75.1 Å². The van der Waals surface area contributed by atoms with E-state index in [1.807, 2.05) is 67.6 Å². The molecule has 1 heterocycles. The van der Waals surface area contributed by atoms with Crippen molar-refractivity contribution in [1.82, 2.24) is 4.57 Å². The summed E-state index contributed by atoms with van der Waals surface area (Å²) in [6.45, 7) is 2.02. The molecular formula is C18H16N2OS2. The van der Waals surface area contributed by atoms with Gasteiger partial charge in [0.2, 0.25) is 5.88 Å². The molecule has 0 bridgehead atoms. The van der Waals surface area contributed by atoms with E-state index in [0.29, 0.717) is 8.83 Å². The fourth-order valence-electron chi connectivity index (χ4n) is 2.35. The summed E-state index contributed by atoms with van der Waals surface area (Å²) in [4.78, 5) is 5.06. The molecule has 0 aliphatic heterocycles. The average Bonchev–Trinajstić information content (AvgIpc) is 2.88. The Bertz CT molecular complexity index is 867. The largest absolute Gasteiger partial charge is 0.493 e. The highest BCUT2D eigenvalue weighted by molar-refractivity contribution is 7.73. The van der Waals surface area contributed by atoms with Gasteiger partial charge in [0, 0.05) is 0 Å². The molecule has 3 rings (SSSR count). The van der Waals surface area contributed by atoms with Gasteiger partial charge in [-0.25, -0.2) is 0 Å². The van der Waals surface area contributed by atoms with Crippen LogP contribution in [-0.2, 0) is 0 Å². The molecule has 0 unspecified atom stereocenters. The zero-order valence-corrected chi connectivity index (χ0v) is 14.2. The number of thiazole rings is 1. The van der Waals surface area contributed by atoms with Gasteiger partial charge in [-0.1, -0.05) is 59.9 Å². The lowest BCUT2D eigenvalue weighted by atomic mass is 10.1. The van der Waals surface area contributed by atoms with Gasteiger partial charge >= 0.3 is 0 Å². The molecule has 1 atom stereocenters. The first-order chi connectivity index (χ1) is 11.2. The first kappa shape index (κ1) is 15.6. The Morgan fingerprint density at radius 1 is 1.09 bits per heavy atom. The first-order valence-corrected chi connectivity index (χ1v) is 8.47. The lowest BCUT2D eigenvalue weighted by molar-refractivity contribution is 0.405. The van der Waals surface area contributed by atoms with E-state index in [0.717, 1.165) is 11.3 Å². The minimum Gasteiger partial charge on any atom is -0.493 e. The second-order valence-corrected chi connectivity index (χ2v) is 6.78. The topological polar surface area (TPSA) is 37.5 Å². The highest BCUT2D eigenvalue weighted by Gasteiger charge is 2.16. The third kappa shape index (κ3) is 3.41. The molecule has 3 aromatic rings. The molecule has 0 radical (unpaired) electrons. The van der Waals surface area contributed by atoms with Gasteiger partial charge < -0.3 is 5.11 Å². The van der Waals surface area contributed by atoms with Gasteiger partial charge in [0.15, 0.2) is 3.95 Å². The second kappa shape index (κ2) is 6.89. The summed E-state index contributed by atoms with van der Waals surface area (Å²) in [6.07, 6.45) is 1.67. The Kier molecular flexibility index (Phi) is 4.69. The molecule has 2 aromatic carbocycles. The van der Waals surface area contributed by atoms with Gasteiger partial charge in [-0.3, -0.25) is 9.56 Å². The third-order valence-corrected chi connectivity index (χ3v) is 4.92. The fraction of sp³-hybridized carbons (Fsp3) is 0.111. The van der Waals surface area contributed by atoms with Crippen LogP contribution < -0.4 is 0 Å². The van der Waals surface area contributed by atoms with Gasteiger partial charge in [-0.05, 0) is 36.8 Å². The van der Waals surface area contributed by atoms with E-state index in [2.05, 4.69) is 4.99 Å². The van der Waals surface area contributed by atoms with E-state index in [-0.39, 0.29) is 11.9 Å². The maximum absolute atomic E-state index is 10.5. The summed E-state index contributed by atoms with van der Waals surface area (Å²) < 4.78 is 2.40. The molecule has 3 nitrogen and oxygen atoms in total. The molecule has 5 heteroatoms. The maximum Gasteiger partial charge on any atom is 0.212 e. The van der Waals surface area contributed by atoms with Crippen LogP contribution in [0.1, 0.15) is 23.4 Å². The van der Waals surface area contributed by atoms with Crippen molar-refractivity contribution in [3.8, 4) is 5.88 Å². The molecule has 0 spiro atoms. The minimum absolute atomic E-state index is 0.0289. The number of hydrogen-bond donors (Lipinski definition) is 1. The van der Waals surface area contributed by atoms with E-state index in [1.165, 1.54) is 11.3 Å². The van der Waals surface area contributed by atoms with E-state index in [9.17, 15) is 5.11 Å². The monoisotopic (exact) mass is 340 g/mol. The summed E-state index contributed by atoms with van der Waals surface area (Å²) in [5.41, 5.74) is 1.94. The van der Waals surface area contributed by atoms with Crippen LogP contribution in [0.5, 0.6) is 5.88 Å². The van der Waals surface area contributed by atoms with Gasteiger partial charge in [0.05, 0.1) is 17.9 Å². The predicted octanol–water partition coefficient (Wildman–Crippen LogP) is 5.34. The molecular weight excluding hydrogens is 324 g/mol. The summed E-state index contributed by atoms with van der Waals surface area (Å²) >= 11 is 6.79. The number of aliphatic imine (C=N–C) groups is 1. The van der Waals surface area contributed by atoms with E-state index >= 15 is 0 Å². The van der Waals surface area contributed by atoms with Crippen LogP contribution in [0.2, 0.25) is 0 Å². The van der Waals surface area contributed by atoms with Crippen molar-refractivity contribution in [3.63, 3.8) is 0 Å². The molecule has 0 fully saturated rings. The summed E-state index contributed by atoms with van der Waals surface area (Å²) in [6, 6.07) is 19.6. The number of nitrogens with zero attached hydrogens (tertiary/aromatic N) is 2. The highest BCUT2D eigenvalue weighted by atomic mass is 32.1. The van der Waals surface area contributed by atoms with Gasteiger partial charge in [-0.15, -0.1) is 0 Å². The van der Waals surface area contributed by atoms with Gasteiger partial charge in [-0.2, -0.15) is 0 Å². The number of aromatic hydroxyl groups is 1. The first-order valence-electron chi connectivity index (χ1n) is 7.25. The Balaban J connectivity index is 1.94. The van der Waals surface area contributed by atoms with Crippen molar-refractivity contribution in [2.24, 2.45) is 4.99 Å². The summed E-state index contributed by atoms with van der Waals surface area (Å²) in [5, 5.41) is 10.5. The smallest absolute Gasteiger partial charge is 0.212 e. The number of rotatable bonds is 4. The Morgan fingerprint density at radius 3 is 2.35 bits per heavy atom. The van der Waals surface area contributed by atoms with Crippen molar-refractivity contribution in [1.29, 1.82) is 0 Å². The third-order valence-electron chi connectivity index (χ3n) is 3.60. The van der Waals surface area contributed by atoms with E-state index < -0.39 is 0 Å². The fourth-order valence-corrected chi connectivity index (χ4v) is 3.69. The Hall–Kier alpha value is -2.24. The standard InChI is InChI=1S/C18H16N2OS2/c1-13(14-8-4-2-5-9-14)20-17(21)16(23-18(20)22)12-19-15-10-6-3-7-11-15/h2-13,21H,1H3/t13-/m1/s1. The van der Waals surface area contributed by atoms with E-state index in [4.69, 9.17) is 12.2 Å². The lowest BCUT2D eigenvalue weighted by Gasteiger charge is -2.14. The molecule has 0 aliphatic rings. The lowest BCUT2D eigenvalue weighted by Crippen LogP contribution is -2.06. The molecule has 23 heavy (non-hydrogen) atoms. The van der Waals surface area contributed by atoms with E-state index in [1.54, 1.807) is 10.8 Å². The predicted molar refractivity (Wildman–Crippen MR) is 98.8 cm³/mol. The van der Waals surface area contributed by atoms with Crippen LogP contribution in [-0.4, -0.2) is 15.9 Å². The number of hydrogen-bond acceptors (Lipinski definition) is 4. The Labute approximate surface area is 144 Å². The SMILES string of the molecule is C[C@H](c1ccccc1)n1c(O)c(C=Nc2ccccc2)sc1=S. The maximum atomic E-state index is 10.5. The summed E-state index contributed by atoms with van der Waals surface area (Å²) in [7, 11) is 0. The number of aromatic nitrogens is 1. The number of para-hydroxylation sites is 1. The van der Waals surface area contributed by atoms with Crippen molar-refractivity contribution in [2.45, 2.75) is 13.0 Å². The van der Waals surface area contributed by atoms with Crippen LogP contribution in [0.15, 0.2) is 65.7 Å². The summed E-state index contributed by atoms with van der Waals surface area (Å²) in [5.74, 6) is 0.163. The van der Waals surface area contributed by atoms with Crippen LogP contribution in [0.4, 0.5) is 5.69 Å². The highest BCUT2D eigenvalue weighted by Crippen LogP contribution is 2.31. The molecule has 1 aromatic heterocycles. The zero-order valence-electron chi connectivity index (χ0n) is 12.6. The van der Waals surface area contributed by atoms with Crippen LogP contribution in [0, 0.1) is 3.95 Å². The minimum atomic E-state index is -0.0289. The van der Waals surface area contributed by atoms with Crippen LogP contribution >= 0.6 is 23.6 Å². The average molecular weight is 340 g/mol. The van der Waals surface area contributed by atoms with Crippen molar-refractivity contribution < 1.29 is 5.11 Å². The molecule has 0 aliphatic carbocycles. The van der Waals surface area contributed by atoms with Crippen LogP contribution in [0.3, 0.4) is 0 Å². The number of benzene rings is 2.